The zero-order valence-corrected chi connectivity index (χ0v) is 14.9. The number of ether oxygens (including phenoxy) is 1. The topological polar surface area (TPSA) is 58.6 Å². The first-order valence-electron chi connectivity index (χ1n) is 8.63. The second kappa shape index (κ2) is 9.67. The Morgan fingerprint density at radius 3 is 2.72 bits per heavy atom. The van der Waals surface area contributed by atoms with Gasteiger partial charge in [0.1, 0.15) is 5.75 Å². The first kappa shape index (κ1) is 18.8. The van der Waals surface area contributed by atoms with Crippen LogP contribution in [-0.4, -0.2) is 43.0 Å². The van der Waals surface area contributed by atoms with Gasteiger partial charge in [0.2, 0.25) is 11.8 Å². The van der Waals surface area contributed by atoms with Crippen molar-refractivity contribution < 1.29 is 14.3 Å². The maximum absolute atomic E-state index is 12.4. The molecule has 0 spiro atoms. The van der Waals surface area contributed by atoms with Gasteiger partial charge < -0.3 is 15.0 Å². The number of rotatable bonds is 6. The highest BCUT2D eigenvalue weighted by Gasteiger charge is 2.23. The van der Waals surface area contributed by atoms with E-state index in [4.69, 9.17) is 4.74 Å². The zero-order valence-electron chi connectivity index (χ0n) is 14.9. The number of allylic oxidation sites excluding steroid dienone is 3. The smallest absolute Gasteiger partial charge is 0.244 e. The lowest BCUT2D eigenvalue weighted by Crippen LogP contribution is -2.46. The van der Waals surface area contributed by atoms with Crippen LogP contribution in [0, 0.1) is 0 Å². The van der Waals surface area contributed by atoms with Crippen molar-refractivity contribution in [2.45, 2.75) is 32.2 Å². The van der Waals surface area contributed by atoms with Crippen LogP contribution in [0.3, 0.4) is 0 Å². The van der Waals surface area contributed by atoms with E-state index >= 15 is 0 Å². The molecule has 25 heavy (non-hydrogen) atoms. The van der Waals surface area contributed by atoms with Crippen molar-refractivity contribution in [1.29, 1.82) is 0 Å². The maximum atomic E-state index is 12.4. The molecule has 1 aliphatic heterocycles. The van der Waals surface area contributed by atoms with Crippen molar-refractivity contribution in [3.63, 3.8) is 0 Å². The molecule has 1 fully saturated rings. The van der Waals surface area contributed by atoms with Crippen molar-refractivity contribution in [3.8, 4) is 5.75 Å². The summed E-state index contributed by atoms with van der Waals surface area (Å²) in [7, 11) is 1.62. The van der Waals surface area contributed by atoms with Crippen LogP contribution >= 0.6 is 0 Å². The largest absolute Gasteiger partial charge is 0.497 e. The van der Waals surface area contributed by atoms with Crippen LogP contribution in [-0.2, 0) is 16.0 Å². The number of amides is 2. The van der Waals surface area contributed by atoms with Gasteiger partial charge in [0.05, 0.1) is 13.5 Å². The van der Waals surface area contributed by atoms with Gasteiger partial charge in [-0.2, -0.15) is 0 Å². The fraction of sp³-hybridized carbons (Fsp3) is 0.400. The molecule has 0 atom stereocenters. The summed E-state index contributed by atoms with van der Waals surface area (Å²) >= 11 is 0. The van der Waals surface area contributed by atoms with Crippen LogP contribution in [0.15, 0.2) is 48.6 Å². The number of carbonyl (C=O) groups is 2. The lowest BCUT2D eigenvalue weighted by Gasteiger charge is -2.32. The molecule has 5 heteroatoms. The molecule has 1 aromatic carbocycles. The predicted octanol–water partition coefficient (Wildman–Crippen LogP) is 2.48. The van der Waals surface area contributed by atoms with Crippen molar-refractivity contribution in [2.24, 2.45) is 0 Å². The third kappa shape index (κ3) is 6.10. The molecule has 2 rings (SSSR count). The Hall–Kier alpha value is -2.56. The molecule has 0 saturated carbocycles. The van der Waals surface area contributed by atoms with Crippen LogP contribution in [0.25, 0.3) is 0 Å². The number of carbonyl (C=O) groups excluding carboxylic acids is 2. The van der Waals surface area contributed by atoms with Gasteiger partial charge in [0, 0.05) is 25.2 Å². The molecule has 1 aromatic rings. The van der Waals surface area contributed by atoms with Gasteiger partial charge in [0.15, 0.2) is 0 Å². The van der Waals surface area contributed by atoms with Gasteiger partial charge in [-0.05, 0) is 37.5 Å². The third-order valence-corrected chi connectivity index (χ3v) is 4.23. The van der Waals surface area contributed by atoms with Crippen LogP contribution in [0.4, 0.5) is 0 Å². The lowest BCUT2D eigenvalue weighted by atomic mass is 10.0. The highest BCUT2D eigenvalue weighted by molar-refractivity contribution is 5.88. The third-order valence-electron chi connectivity index (χ3n) is 4.23. The average Bonchev–Trinajstić information content (AvgIpc) is 2.62. The van der Waals surface area contributed by atoms with E-state index in [9.17, 15) is 9.59 Å². The van der Waals surface area contributed by atoms with E-state index in [0.29, 0.717) is 19.5 Å². The minimum absolute atomic E-state index is 0.0840. The SMILES string of the molecule is C/C=C/C=C\C(=O)NC1CCN(C(=O)Cc2cccc(OC)c2)CC1. The second-order valence-corrected chi connectivity index (χ2v) is 6.08. The van der Waals surface area contributed by atoms with E-state index in [2.05, 4.69) is 5.32 Å². The van der Waals surface area contributed by atoms with Crippen LogP contribution in [0.2, 0.25) is 0 Å². The molecule has 0 bridgehead atoms. The molecule has 134 valence electrons. The number of likely N-dealkylation sites (tertiary alicyclic amines) is 1. The monoisotopic (exact) mass is 342 g/mol. The zero-order chi connectivity index (χ0) is 18.1. The Labute approximate surface area is 149 Å². The summed E-state index contributed by atoms with van der Waals surface area (Å²) in [6.07, 6.45) is 8.89. The average molecular weight is 342 g/mol. The molecule has 0 aliphatic carbocycles. The Kier molecular flexibility index (Phi) is 7.26. The fourth-order valence-corrected chi connectivity index (χ4v) is 2.85. The van der Waals surface area contributed by atoms with Gasteiger partial charge in [-0.1, -0.05) is 30.4 Å². The van der Waals surface area contributed by atoms with Crippen molar-refractivity contribution in [2.75, 3.05) is 20.2 Å². The highest BCUT2D eigenvalue weighted by Crippen LogP contribution is 2.16. The number of nitrogens with zero attached hydrogens (tertiary/aromatic N) is 1. The van der Waals surface area contributed by atoms with Gasteiger partial charge >= 0.3 is 0 Å². The van der Waals surface area contributed by atoms with Crippen LogP contribution in [0.1, 0.15) is 25.3 Å². The summed E-state index contributed by atoms with van der Waals surface area (Å²) in [5.41, 5.74) is 0.953. The Morgan fingerprint density at radius 2 is 2.04 bits per heavy atom. The first-order valence-corrected chi connectivity index (χ1v) is 8.63. The first-order chi connectivity index (χ1) is 12.1. The summed E-state index contributed by atoms with van der Waals surface area (Å²) in [4.78, 5) is 26.1. The lowest BCUT2D eigenvalue weighted by molar-refractivity contribution is -0.131. The molecule has 2 amide bonds. The van der Waals surface area contributed by atoms with E-state index in [1.165, 1.54) is 6.08 Å². The number of methoxy groups -OCH3 is 1. The Morgan fingerprint density at radius 1 is 1.28 bits per heavy atom. The Bertz CT molecular complexity index is 644. The van der Waals surface area contributed by atoms with E-state index in [1.54, 1.807) is 13.2 Å². The van der Waals surface area contributed by atoms with E-state index in [1.807, 2.05) is 48.2 Å². The molecule has 1 heterocycles. The normalized spacial score (nSPS) is 15.7. The van der Waals surface area contributed by atoms with Crippen LogP contribution < -0.4 is 10.1 Å². The number of benzene rings is 1. The van der Waals surface area contributed by atoms with E-state index in [-0.39, 0.29) is 17.9 Å². The summed E-state index contributed by atoms with van der Waals surface area (Å²) in [6, 6.07) is 7.72. The molecule has 1 aliphatic rings. The van der Waals surface area contributed by atoms with Gasteiger partial charge in [-0.15, -0.1) is 0 Å². The van der Waals surface area contributed by atoms with Crippen molar-refractivity contribution in [1.82, 2.24) is 10.2 Å². The molecule has 0 aromatic heterocycles. The number of hydrogen-bond acceptors (Lipinski definition) is 3. The number of hydrogen-bond donors (Lipinski definition) is 1. The molecule has 0 radical (unpaired) electrons. The summed E-state index contributed by atoms with van der Waals surface area (Å²) in [5, 5.41) is 2.99. The standard InChI is InChI=1S/C20H26N2O3/c1-3-4-5-9-19(23)21-17-10-12-22(13-11-17)20(24)15-16-7-6-8-18(14-16)25-2/h3-9,14,17H,10-13,15H2,1-2H3,(H,21,23)/b4-3+,9-5-. The van der Waals surface area contributed by atoms with Crippen LogP contribution in [0.5, 0.6) is 5.75 Å². The molecular weight excluding hydrogens is 316 g/mol. The van der Waals surface area contributed by atoms with E-state index in [0.717, 1.165) is 24.2 Å². The molecule has 1 saturated heterocycles. The quantitative estimate of drug-likeness (QED) is 0.638. The van der Waals surface area contributed by atoms with Gasteiger partial charge in [-0.3, -0.25) is 9.59 Å². The fourth-order valence-electron chi connectivity index (χ4n) is 2.85. The minimum atomic E-state index is -0.0840. The van der Waals surface area contributed by atoms with Crippen molar-refractivity contribution in [3.05, 3.63) is 54.1 Å². The highest BCUT2D eigenvalue weighted by atomic mass is 16.5. The summed E-state index contributed by atoms with van der Waals surface area (Å²) < 4.78 is 5.19. The van der Waals surface area contributed by atoms with E-state index < -0.39 is 0 Å². The molecule has 0 unspecified atom stereocenters. The number of nitrogens with one attached hydrogen (secondary N) is 1. The molecule has 5 nitrogen and oxygen atoms in total. The second-order valence-electron chi connectivity index (χ2n) is 6.08. The van der Waals surface area contributed by atoms with Gasteiger partial charge in [0.25, 0.3) is 0 Å². The summed E-state index contributed by atoms with van der Waals surface area (Å²) in [5.74, 6) is 0.794. The maximum Gasteiger partial charge on any atom is 0.244 e. The predicted molar refractivity (Wildman–Crippen MR) is 98.4 cm³/mol. The summed E-state index contributed by atoms with van der Waals surface area (Å²) in [6.45, 7) is 3.25. The minimum Gasteiger partial charge on any atom is -0.497 e. The van der Waals surface area contributed by atoms with Crippen molar-refractivity contribution >= 4 is 11.8 Å². The van der Waals surface area contributed by atoms with Gasteiger partial charge in [-0.25, -0.2) is 0 Å². The number of piperidine rings is 1. The molecular formula is C20H26N2O3. The molecule has 1 N–H and O–H groups in total. The Balaban J connectivity index is 1.79.